The molecule has 0 bridgehead atoms. The number of carbonyl (C=O) groups is 2. The number of nitrogens with one attached hydrogen (secondary N) is 1. The number of carbonyl (C=O) groups excluding carboxylic acids is 2. The van der Waals surface area contributed by atoms with Crippen LogP contribution in [0.4, 0.5) is 10.7 Å². The Morgan fingerprint density at radius 2 is 2.00 bits per heavy atom. The van der Waals surface area contributed by atoms with Crippen molar-refractivity contribution < 1.29 is 19.1 Å². The average molecular weight is 300 g/mol. The Hall–Kier alpha value is -1.76. The standard InChI is InChI=1S/C13H20N2O4S/c1-5-19-12(16)8-9(14)10(13(17)18-4)20-11(8)15-6-7(2)3/h7,15H,5-6,14H2,1-4H3. The number of esters is 2. The van der Waals surface area contributed by atoms with E-state index in [0.717, 1.165) is 11.3 Å². The Morgan fingerprint density at radius 1 is 1.35 bits per heavy atom. The summed E-state index contributed by atoms with van der Waals surface area (Å²) in [5.41, 5.74) is 6.20. The first-order chi connectivity index (χ1) is 9.42. The van der Waals surface area contributed by atoms with Gasteiger partial charge in [-0.25, -0.2) is 9.59 Å². The molecular formula is C13H20N2O4S. The fraction of sp³-hybridized carbons (Fsp3) is 0.538. The summed E-state index contributed by atoms with van der Waals surface area (Å²) in [5, 5.41) is 3.66. The van der Waals surface area contributed by atoms with Gasteiger partial charge in [0.15, 0.2) is 0 Å². The molecule has 0 aliphatic carbocycles. The molecule has 0 saturated carbocycles. The van der Waals surface area contributed by atoms with Crippen LogP contribution < -0.4 is 11.1 Å². The molecule has 0 amide bonds. The van der Waals surface area contributed by atoms with Gasteiger partial charge in [-0.05, 0) is 12.8 Å². The van der Waals surface area contributed by atoms with Gasteiger partial charge in [-0.2, -0.15) is 0 Å². The molecule has 3 N–H and O–H groups in total. The lowest BCUT2D eigenvalue weighted by atomic mass is 10.2. The molecule has 0 radical (unpaired) electrons. The molecule has 0 aliphatic heterocycles. The SMILES string of the molecule is CCOC(=O)c1c(NCC(C)C)sc(C(=O)OC)c1N. The summed E-state index contributed by atoms with van der Waals surface area (Å²) in [5.74, 6) is -0.715. The van der Waals surface area contributed by atoms with Crippen LogP contribution in [0.2, 0.25) is 0 Å². The highest BCUT2D eigenvalue weighted by Gasteiger charge is 2.26. The van der Waals surface area contributed by atoms with E-state index >= 15 is 0 Å². The third-order valence-corrected chi connectivity index (χ3v) is 3.61. The van der Waals surface area contributed by atoms with Crippen LogP contribution in [0.5, 0.6) is 0 Å². The van der Waals surface area contributed by atoms with E-state index in [2.05, 4.69) is 10.1 Å². The van der Waals surface area contributed by atoms with E-state index in [4.69, 9.17) is 10.5 Å². The van der Waals surface area contributed by atoms with Crippen molar-refractivity contribution in [1.29, 1.82) is 0 Å². The number of hydrogen-bond donors (Lipinski definition) is 2. The summed E-state index contributed by atoms with van der Waals surface area (Å²) in [4.78, 5) is 23.8. The third-order valence-electron chi connectivity index (χ3n) is 2.47. The van der Waals surface area contributed by atoms with Crippen molar-refractivity contribution in [2.45, 2.75) is 20.8 Å². The van der Waals surface area contributed by atoms with Crippen LogP contribution in [0, 0.1) is 5.92 Å². The second-order valence-electron chi connectivity index (χ2n) is 4.54. The number of thiophene rings is 1. The predicted molar refractivity (Wildman–Crippen MR) is 79.4 cm³/mol. The Bertz CT molecular complexity index is 497. The molecule has 112 valence electrons. The second kappa shape index (κ2) is 7.14. The fourth-order valence-corrected chi connectivity index (χ4v) is 2.55. The molecule has 1 aromatic heterocycles. The lowest BCUT2D eigenvalue weighted by molar-refractivity contribution is 0.0529. The molecule has 20 heavy (non-hydrogen) atoms. The largest absolute Gasteiger partial charge is 0.465 e. The van der Waals surface area contributed by atoms with Crippen LogP contribution in [0.25, 0.3) is 0 Å². The Balaban J connectivity index is 3.18. The van der Waals surface area contributed by atoms with Crippen molar-refractivity contribution in [3.8, 4) is 0 Å². The highest BCUT2D eigenvalue weighted by atomic mass is 32.1. The molecule has 1 heterocycles. The van der Waals surface area contributed by atoms with E-state index < -0.39 is 11.9 Å². The molecule has 0 fully saturated rings. The Kier molecular flexibility index (Phi) is 5.82. The van der Waals surface area contributed by atoms with E-state index in [-0.39, 0.29) is 22.7 Å². The van der Waals surface area contributed by atoms with Gasteiger partial charge in [0.05, 0.1) is 19.4 Å². The van der Waals surface area contributed by atoms with Crippen molar-refractivity contribution in [3.05, 3.63) is 10.4 Å². The number of ether oxygens (including phenoxy) is 2. The van der Waals surface area contributed by atoms with Crippen LogP contribution >= 0.6 is 11.3 Å². The molecule has 0 aromatic carbocycles. The average Bonchev–Trinajstić information content (AvgIpc) is 2.72. The first-order valence-electron chi connectivity index (χ1n) is 6.33. The topological polar surface area (TPSA) is 90.6 Å². The van der Waals surface area contributed by atoms with Gasteiger partial charge in [0.2, 0.25) is 0 Å². The van der Waals surface area contributed by atoms with Gasteiger partial charge in [0.25, 0.3) is 0 Å². The zero-order chi connectivity index (χ0) is 15.3. The summed E-state index contributed by atoms with van der Waals surface area (Å²) in [6, 6.07) is 0. The first-order valence-corrected chi connectivity index (χ1v) is 7.15. The maximum absolute atomic E-state index is 12.0. The maximum Gasteiger partial charge on any atom is 0.350 e. The van der Waals surface area contributed by atoms with Crippen molar-refractivity contribution in [2.75, 3.05) is 31.3 Å². The second-order valence-corrected chi connectivity index (χ2v) is 5.56. The lowest BCUT2D eigenvalue weighted by Gasteiger charge is -2.09. The van der Waals surface area contributed by atoms with Gasteiger partial charge in [-0.1, -0.05) is 13.8 Å². The quantitative estimate of drug-likeness (QED) is 0.784. The maximum atomic E-state index is 12.0. The first kappa shape index (κ1) is 16.3. The summed E-state index contributed by atoms with van der Waals surface area (Å²) in [7, 11) is 1.27. The van der Waals surface area contributed by atoms with Crippen molar-refractivity contribution >= 4 is 34.0 Å². The van der Waals surface area contributed by atoms with Crippen LogP contribution in [-0.2, 0) is 9.47 Å². The van der Waals surface area contributed by atoms with E-state index in [1.54, 1.807) is 6.92 Å². The number of hydrogen-bond acceptors (Lipinski definition) is 7. The Morgan fingerprint density at radius 3 is 2.50 bits per heavy atom. The van der Waals surface area contributed by atoms with Crippen molar-refractivity contribution in [1.82, 2.24) is 0 Å². The number of methoxy groups -OCH3 is 1. The van der Waals surface area contributed by atoms with Crippen LogP contribution in [0.3, 0.4) is 0 Å². The molecule has 0 unspecified atom stereocenters. The molecule has 0 aliphatic rings. The molecule has 0 atom stereocenters. The zero-order valence-electron chi connectivity index (χ0n) is 12.1. The van der Waals surface area contributed by atoms with Gasteiger partial charge in [-0.15, -0.1) is 11.3 Å². The van der Waals surface area contributed by atoms with Crippen LogP contribution in [-0.4, -0.2) is 32.2 Å². The number of nitrogen functional groups attached to an aromatic ring is 1. The molecule has 1 aromatic rings. The van der Waals surface area contributed by atoms with E-state index in [1.807, 2.05) is 13.8 Å². The lowest BCUT2D eigenvalue weighted by Crippen LogP contribution is -2.13. The number of anilines is 2. The van der Waals surface area contributed by atoms with E-state index in [1.165, 1.54) is 7.11 Å². The predicted octanol–water partition coefficient (Wildman–Crippen LogP) is 2.36. The van der Waals surface area contributed by atoms with Crippen molar-refractivity contribution in [2.24, 2.45) is 5.92 Å². The van der Waals surface area contributed by atoms with E-state index in [0.29, 0.717) is 17.5 Å². The van der Waals surface area contributed by atoms with Crippen molar-refractivity contribution in [3.63, 3.8) is 0 Å². The Labute approximate surface area is 122 Å². The molecule has 0 spiro atoms. The summed E-state index contributed by atoms with van der Waals surface area (Å²) < 4.78 is 9.64. The minimum absolute atomic E-state index is 0.103. The highest BCUT2D eigenvalue weighted by molar-refractivity contribution is 7.19. The van der Waals surface area contributed by atoms with Gasteiger partial charge >= 0.3 is 11.9 Å². The third kappa shape index (κ3) is 3.63. The summed E-state index contributed by atoms with van der Waals surface area (Å²) >= 11 is 1.10. The molecule has 7 heteroatoms. The van der Waals surface area contributed by atoms with Gasteiger partial charge in [-0.3, -0.25) is 0 Å². The molecule has 0 saturated heterocycles. The highest BCUT2D eigenvalue weighted by Crippen LogP contribution is 2.36. The monoisotopic (exact) mass is 300 g/mol. The normalized spacial score (nSPS) is 10.4. The van der Waals surface area contributed by atoms with Gasteiger partial charge in [0.1, 0.15) is 15.4 Å². The number of rotatable bonds is 6. The van der Waals surface area contributed by atoms with Gasteiger partial charge < -0.3 is 20.5 Å². The summed E-state index contributed by atoms with van der Waals surface area (Å²) in [6.07, 6.45) is 0. The minimum Gasteiger partial charge on any atom is -0.465 e. The number of nitrogens with two attached hydrogens (primary N) is 1. The van der Waals surface area contributed by atoms with Crippen LogP contribution in [0.15, 0.2) is 0 Å². The van der Waals surface area contributed by atoms with E-state index in [9.17, 15) is 9.59 Å². The molecular weight excluding hydrogens is 280 g/mol. The molecule has 6 nitrogen and oxygen atoms in total. The van der Waals surface area contributed by atoms with Gasteiger partial charge in [0, 0.05) is 6.54 Å². The van der Waals surface area contributed by atoms with Crippen LogP contribution in [0.1, 0.15) is 40.8 Å². The minimum atomic E-state index is -0.560. The molecule has 1 rings (SSSR count). The fourth-order valence-electron chi connectivity index (χ4n) is 1.52. The summed E-state index contributed by atoms with van der Waals surface area (Å²) in [6.45, 7) is 6.69. The smallest absolute Gasteiger partial charge is 0.350 e. The zero-order valence-corrected chi connectivity index (χ0v) is 12.9.